The summed E-state index contributed by atoms with van der Waals surface area (Å²) in [5, 5.41) is 3.50. The second kappa shape index (κ2) is 7.70. The van der Waals surface area contributed by atoms with Crippen LogP contribution in [0.3, 0.4) is 0 Å². The van der Waals surface area contributed by atoms with E-state index < -0.39 is 0 Å². The second-order valence-corrected chi connectivity index (χ2v) is 5.39. The van der Waals surface area contributed by atoms with Crippen molar-refractivity contribution >= 4 is 5.69 Å². The SMILES string of the molecule is COCC(Nc1cccc(Oc2ccccc2)c1)C(C)C. The molecule has 0 bridgehead atoms. The molecular weight excluding hydrogens is 262 g/mol. The first-order valence-electron chi connectivity index (χ1n) is 7.27. The molecule has 0 fully saturated rings. The van der Waals surface area contributed by atoms with Crippen LogP contribution in [-0.4, -0.2) is 19.8 Å². The summed E-state index contributed by atoms with van der Waals surface area (Å²) in [6, 6.07) is 18.1. The average molecular weight is 285 g/mol. The van der Waals surface area contributed by atoms with Gasteiger partial charge in [0.1, 0.15) is 11.5 Å². The Bertz CT molecular complexity index is 540. The van der Waals surface area contributed by atoms with Gasteiger partial charge in [-0.25, -0.2) is 0 Å². The number of anilines is 1. The molecule has 1 atom stereocenters. The highest BCUT2D eigenvalue weighted by Gasteiger charge is 2.13. The lowest BCUT2D eigenvalue weighted by atomic mass is 10.1. The van der Waals surface area contributed by atoms with Crippen molar-refractivity contribution in [1.82, 2.24) is 0 Å². The highest BCUT2D eigenvalue weighted by molar-refractivity contribution is 5.50. The molecule has 0 saturated heterocycles. The minimum Gasteiger partial charge on any atom is -0.457 e. The number of hydrogen-bond donors (Lipinski definition) is 1. The summed E-state index contributed by atoms with van der Waals surface area (Å²) in [6.07, 6.45) is 0. The third-order valence-corrected chi connectivity index (χ3v) is 3.32. The average Bonchev–Trinajstić information content (AvgIpc) is 2.48. The van der Waals surface area contributed by atoms with Crippen LogP contribution in [0.4, 0.5) is 5.69 Å². The van der Waals surface area contributed by atoms with Crippen molar-refractivity contribution in [3.8, 4) is 11.5 Å². The summed E-state index contributed by atoms with van der Waals surface area (Å²) in [5.74, 6) is 2.15. The van der Waals surface area contributed by atoms with Gasteiger partial charge in [0.15, 0.2) is 0 Å². The Morgan fingerprint density at radius 2 is 1.67 bits per heavy atom. The van der Waals surface area contributed by atoms with Crippen LogP contribution in [-0.2, 0) is 4.74 Å². The van der Waals surface area contributed by atoms with Crippen molar-refractivity contribution in [2.75, 3.05) is 19.0 Å². The smallest absolute Gasteiger partial charge is 0.129 e. The lowest BCUT2D eigenvalue weighted by Crippen LogP contribution is -2.30. The molecule has 1 unspecified atom stereocenters. The van der Waals surface area contributed by atoms with Gasteiger partial charge in [-0.3, -0.25) is 0 Å². The molecule has 0 heterocycles. The minimum absolute atomic E-state index is 0.280. The Hall–Kier alpha value is -2.00. The summed E-state index contributed by atoms with van der Waals surface area (Å²) >= 11 is 0. The first-order valence-corrected chi connectivity index (χ1v) is 7.27. The fraction of sp³-hybridized carbons (Fsp3) is 0.333. The summed E-state index contributed by atoms with van der Waals surface area (Å²) in [4.78, 5) is 0. The molecule has 0 aliphatic heterocycles. The third kappa shape index (κ3) is 4.80. The van der Waals surface area contributed by atoms with E-state index in [0.717, 1.165) is 17.2 Å². The molecule has 2 aromatic rings. The predicted molar refractivity (Wildman–Crippen MR) is 87.1 cm³/mol. The van der Waals surface area contributed by atoms with E-state index in [4.69, 9.17) is 9.47 Å². The molecule has 0 aliphatic carbocycles. The van der Waals surface area contributed by atoms with E-state index in [1.54, 1.807) is 7.11 Å². The van der Waals surface area contributed by atoms with Crippen molar-refractivity contribution < 1.29 is 9.47 Å². The molecule has 0 aliphatic rings. The van der Waals surface area contributed by atoms with Gasteiger partial charge >= 0.3 is 0 Å². The molecule has 0 saturated carbocycles. The van der Waals surface area contributed by atoms with Crippen LogP contribution in [0.15, 0.2) is 54.6 Å². The maximum atomic E-state index is 5.85. The topological polar surface area (TPSA) is 30.5 Å². The normalized spacial score (nSPS) is 12.2. The van der Waals surface area contributed by atoms with Crippen LogP contribution in [0.2, 0.25) is 0 Å². The molecule has 0 spiro atoms. The fourth-order valence-corrected chi connectivity index (χ4v) is 2.07. The molecule has 1 N–H and O–H groups in total. The first kappa shape index (κ1) is 15.4. The Labute approximate surface area is 126 Å². The maximum Gasteiger partial charge on any atom is 0.129 e. The Morgan fingerprint density at radius 1 is 0.952 bits per heavy atom. The molecular formula is C18H23NO2. The first-order chi connectivity index (χ1) is 10.2. The highest BCUT2D eigenvalue weighted by atomic mass is 16.5. The van der Waals surface area contributed by atoms with Crippen LogP contribution in [0.25, 0.3) is 0 Å². The number of rotatable bonds is 7. The van der Waals surface area contributed by atoms with Gasteiger partial charge in [0.2, 0.25) is 0 Å². The summed E-state index contributed by atoms with van der Waals surface area (Å²) in [7, 11) is 1.73. The zero-order valence-electron chi connectivity index (χ0n) is 12.9. The monoisotopic (exact) mass is 285 g/mol. The number of nitrogens with one attached hydrogen (secondary N) is 1. The summed E-state index contributed by atoms with van der Waals surface area (Å²) < 4.78 is 11.1. The molecule has 0 amide bonds. The van der Waals surface area contributed by atoms with E-state index in [9.17, 15) is 0 Å². The van der Waals surface area contributed by atoms with Crippen LogP contribution in [0.5, 0.6) is 11.5 Å². The number of para-hydroxylation sites is 1. The molecule has 2 rings (SSSR count). The van der Waals surface area contributed by atoms with E-state index in [1.807, 2.05) is 54.6 Å². The van der Waals surface area contributed by atoms with Crippen LogP contribution < -0.4 is 10.1 Å². The number of ether oxygens (including phenoxy) is 2. The Morgan fingerprint density at radius 3 is 2.33 bits per heavy atom. The standard InChI is InChI=1S/C18H23NO2/c1-14(2)18(13-20-3)19-15-8-7-11-17(12-15)21-16-9-5-4-6-10-16/h4-12,14,18-19H,13H2,1-3H3. The van der Waals surface area contributed by atoms with Crippen LogP contribution in [0.1, 0.15) is 13.8 Å². The number of methoxy groups -OCH3 is 1. The van der Waals surface area contributed by atoms with E-state index in [1.165, 1.54) is 0 Å². The van der Waals surface area contributed by atoms with Gasteiger partial charge < -0.3 is 14.8 Å². The van der Waals surface area contributed by atoms with E-state index in [-0.39, 0.29) is 6.04 Å². The quantitative estimate of drug-likeness (QED) is 0.808. The lowest BCUT2D eigenvalue weighted by Gasteiger charge is -2.23. The van der Waals surface area contributed by atoms with Gasteiger partial charge in [-0.1, -0.05) is 38.1 Å². The van der Waals surface area contributed by atoms with Crippen LogP contribution in [0, 0.1) is 5.92 Å². The van der Waals surface area contributed by atoms with Gasteiger partial charge in [-0.05, 0) is 30.2 Å². The summed E-state index contributed by atoms with van der Waals surface area (Å²) in [5.41, 5.74) is 1.04. The van der Waals surface area contributed by atoms with E-state index in [2.05, 4.69) is 19.2 Å². The summed E-state index contributed by atoms with van der Waals surface area (Å²) in [6.45, 7) is 5.05. The zero-order chi connectivity index (χ0) is 15.1. The van der Waals surface area contributed by atoms with Gasteiger partial charge in [0.05, 0.1) is 12.6 Å². The van der Waals surface area contributed by atoms with Gasteiger partial charge in [0.25, 0.3) is 0 Å². The van der Waals surface area contributed by atoms with Crippen molar-refractivity contribution in [2.45, 2.75) is 19.9 Å². The molecule has 3 nitrogen and oxygen atoms in total. The van der Waals surface area contributed by atoms with Gasteiger partial charge in [0, 0.05) is 18.9 Å². The fourth-order valence-electron chi connectivity index (χ4n) is 2.07. The molecule has 3 heteroatoms. The number of hydrogen-bond acceptors (Lipinski definition) is 3. The van der Waals surface area contributed by atoms with Crippen molar-refractivity contribution in [3.63, 3.8) is 0 Å². The molecule has 0 radical (unpaired) electrons. The second-order valence-electron chi connectivity index (χ2n) is 5.39. The molecule has 2 aromatic carbocycles. The molecule has 112 valence electrons. The van der Waals surface area contributed by atoms with Gasteiger partial charge in [-0.2, -0.15) is 0 Å². The molecule has 21 heavy (non-hydrogen) atoms. The van der Waals surface area contributed by atoms with E-state index in [0.29, 0.717) is 12.5 Å². The largest absolute Gasteiger partial charge is 0.457 e. The third-order valence-electron chi connectivity index (χ3n) is 3.32. The highest BCUT2D eigenvalue weighted by Crippen LogP contribution is 2.24. The zero-order valence-corrected chi connectivity index (χ0v) is 12.9. The van der Waals surface area contributed by atoms with Crippen molar-refractivity contribution in [2.24, 2.45) is 5.92 Å². The van der Waals surface area contributed by atoms with E-state index >= 15 is 0 Å². The van der Waals surface area contributed by atoms with Crippen molar-refractivity contribution in [1.29, 1.82) is 0 Å². The Kier molecular flexibility index (Phi) is 5.64. The lowest BCUT2D eigenvalue weighted by molar-refractivity contribution is 0.171. The predicted octanol–water partition coefficient (Wildman–Crippen LogP) is 4.56. The van der Waals surface area contributed by atoms with Crippen molar-refractivity contribution in [3.05, 3.63) is 54.6 Å². The van der Waals surface area contributed by atoms with Crippen LogP contribution >= 0.6 is 0 Å². The maximum absolute atomic E-state index is 5.85. The van der Waals surface area contributed by atoms with Gasteiger partial charge in [-0.15, -0.1) is 0 Å². The Balaban J connectivity index is 2.06. The minimum atomic E-state index is 0.280. The molecule has 0 aromatic heterocycles. The number of benzene rings is 2.